The fourth-order valence-electron chi connectivity index (χ4n) is 7.42. The maximum atomic E-state index is 13.7. The first kappa shape index (κ1) is 47.0. The summed E-state index contributed by atoms with van der Waals surface area (Å²) in [6.07, 6.45) is -1.14. The number of aromatic nitrogens is 5. The van der Waals surface area contributed by atoms with Crippen molar-refractivity contribution in [3.8, 4) is 0 Å². The minimum Gasteiger partial charge on any atom is -0.353 e. The summed E-state index contributed by atoms with van der Waals surface area (Å²) in [6.45, 7) is -0.148. The number of aromatic amines is 2. The van der Waals surface area contributed by atoms with E-state index in [0.717, 1.165) is 36.4 Å². The predicted molar refractivity (Wildman–Crippen MR) is 240 cm³/mol. The van der Waals surface area contributed by atoms with Crippen LogP contribution in [0.5, 0.6) is 0 Å². The summed E-state index contributed by atoms with van der Waals surface area (Å²) in [4.78, 5) is 39.5. The molecule has 0 spiro atoms. The molecule has 0 saturated heterocycles. The van der Waals surface area contributed by atoms with E-state index in [1.54, 1.807) is 0 Å². The van der Waals surface area contributed by atoms with Gasteiger partial charge in [-0.1, -0.05) is 0 Å². The van der Waals surface area contributed by atoms with E-state index in [4.69, 9.17) is 38.2 Å². The Balaban J connectivity index is 0.00000578. The monoisotopic (exact) mass is 1090 g/mol. The molecule has 10 rings (SSSR count). The molecule has 31 heteroatoms. The van der Waals surface area contributed by atoms with Gasteiger partial charge in [-0.25, -0.2) is 38.1 Å². The molecule has 6 heterocycles. The third-order valence-corrected chi connectivity index (χ3v) is 14.8. The topological polar surface area (TPSA) is 365 Å². The minimum absolute atomic E-state index is 0. The largest absolute Gasteiger partial charge is 0.353 e. The number of H-pyrrole nitrogens is 2. The number of nitrogens with one attached hydrogen (secondary N) is 5. The molecule has 0 fully saturated rings. The van der Waals surface area contributed by atoms with E-state index in [9.17, 15) is 47.3 Å². The van der Waals surface area contributed by atoms with Gasteiger partial charge in [-0.15, -0.1) is 0 Å². The van der Waals surface area contributed by atoms with Crippen LogP contribution in [0.4, 0.5) is 17.6 Å². The Morgan fingerprint density at radius 1 is 0.559 bits per heavy atom. The number of benzene rings is 4. The number of nitrogens with zero attached hydrogens (tertiary/aromatic N) is 8. The molecule has 7 aromatic rings. The summed E-state index contributed by atoms with van der Waals surface area (Å²) in [5.74, 6) is -0.130. The summed E-state index contributed by atoms with van der Waals surface area (Å²) >= 11 is 11.7. The first-order chi connectivity index (χ1) is 31.6. The van der Waals surface area contributed by atoms with E-state index in [0.29, 0.717) is 5.56 Å². The zero-order valence-corrected chi connectivity index (χ0v) is 39.0. The number of halogens is 2. The number of sulfonamides is 1. The molecule has 1 unspecified atom stereocenters. The van der Waals surface area contributed by atoms with Crippen LogP contribution in [-0.4, -0.2) is 103 Å². The van der Waals surface area contributed by atoms with E-state index >= 15 is 0 Å². The first-order valence-corrected chi connectivity index (χ1v) is 25.4. The van der Waals surface area contributed by atoms with Gasteiger partial charge in [0.1, 0.15) is 34.6 Å². The van der Waals surface area contributed by atoms with Crippen LogP contribution in [0.2, 0.25) is 10.6 Å². The average Bonchev–Trinajstić information content (AvgIpc) is 3.98. The van der Waals surface area contributed by atoms with Crippen molar-refractivity contribution in [1.29, 1.82) is 0 Å². The number of rotatable bonds is 9. The van der Waals surface area contributed by atoms with Gasteiger partial charge in [0.05, 0.1) is 19.6 Å². The summed E-state index contributed by atoms with van der Waals surface area (Å²) in [5, 5.41) is 6.39. The predicted octanol–water partition coefficient (Wildman–Crippen LogP) is 2.74. The zero-order chi connectivity index (χ0) is 47.4. The SMILES string of the molecule is O=S(=O)(O)c1ccc2c(c1)C1=Nc3[nH]c(c4cc(S(=O)(=O)O)ccc34)N=C3NC(N=c4[nH]c(c5cc(S(=O)(=O)O)ccc45)=NC2=N1)c1cc(S(=O)(=O)NCCNc2nc(Cl)nc(Cl)n2)ccc13.[Cu]. The van der Waals surface area contributed by atoms with E-state index in [2.05, 4.69) is 50.3 Å². The van der Waals surface area contributed by atoms with Crippen LogP contribution in [0.3, 0.4) is 0 Å². The molecule has 24 nitrogen and oxygen atoms in total. The molecule has 1 radical (unpaired) electrons. The van der Waals surface area contributed by atoms with Crippen LogP contribution in [0.15, 0.2) is 117 Å². The Morgan fingerprint density at radius 2 is 1.15 bits per heavy atom. The molecule has 3 aliphatic heterocycles. The van der Waals surface area contributed by atoms with Gasteiger partial charge in [0.25, 0.3) is 30.4 Å². The summed E-state index contributed by atoms with van der Waals surface area (Å²) in [5.41, 5.74) is 0.921. The summed E-state index contributed by atoms with van der Waals surface area (Å²) in [6, 6.07) is 14.9. The minimum atomic E-state index is -4.75. The van der Waals surface area contributed by atoms with E-state index in [1.165, 1.54) is 36.4 Å². The first-order valence-electron chi connectivity index (χ1n) is 18.9. The maximum Gasteiger partial charge on any atom is 0.294 e. The summed E-state index contributed by atoms with van der Waals surface area (Å²) in [7, 11) is -18.5. The molecule has 8 bridgehead atoms. The summed E-state index contributed by atoms with van der Waals surface area (Å²) < 4.78 is 134. The average molecular weight is 1090 g/mol. The number of anilines is 1. The van der Waals surface area contributed by atoms with Crippen LogP contribution in [0.25, 0.3) is 21.5 Å². The fraction of sp³-hybridized carbons (Fsp3) is 0.0811. The number of fused-ring (bicyclic) bond motifs is 19. The van der Waals surface area contributed by atoms with Gasteiger partial charge >= 0.3 is 0 Å². The standard InChI is InChI=1S/C37H25Cl2N13O11S4.Cu/c38-35-50-36(39)52-37(51-35)40-9-10-41-64(53,54)15-1-5-19-23(11-15)31-42-27(19)44-32-25-13-17(66(58,59)60)3-7-21(25)29(46-32)48-34-26-14-18(67(61,62)63)4-8-22(26)30(49-34)47-33-24-12-16(65(55,56)57)2-6-20(24)28(43-31)45-33;/h1-8,11-14,31,41,46H,9-10H2,(H,42,44)(H,55,56,57)(H,58,59,60)(H,61,62,63)(H,40,50,51,52)(H,43,45,47,48,49);. The molecule has 353 valence electrons. The molecule has 8 N–H and O–H groups in total. The molecule has 0 aliphatic carbocycles. The van der Waals surface area contributed by atoms with Gasteiger partial charge in [-0.3, -0.25) is 13.7 Å². The van der Waals surface area contributed by atoms with Gasteiger partial charge < -0.3 is 20.6 Å². The van der Waals surface area contributed by atoms with Gasteiger partial charge in [-0.05, 0) is 96.0 Å². The molecule has 3 aliphatic rings. The molecule has 1 atom stereocenters. The third-order valence-electron chi connectivity index (χ3n) is 10.4. The van der Waals surface area contributed by atoms with Crippen LogP contribution in [-0.2, 0) is 57.4 Å². The van der Waals surface area contributed by atoms with Crippen LogP contribution in [0, 0.1) is 0 Å². The van der Waals surface area contributed by atoms with Crippen LogP contribution in [0.1, 0.15) is 28.4 Å². The Labute approximate surface area is 402 Å². The normalized spacial score (nSPS) is 15.5. The van der Waals surface area contributed by atoms with Crippen molar-refractivity contribution in [2.75, 3.05) is 18.4 Å². The second kappa shape index (κ2) is 16.9. The number of aliphatic imine (C=N–C) groups is 3. The van der Waals surface area contributed by atoms with Gasteiger partial charge in [0, 0.05) is 74.0 Å². The van der Waals surface area contributed by atoms with Crippen molar-refractivity contribution < 1.29 is 64.4 Å². The van der Waals surface area contributed by atoms with E-state index in [-0.39, 0.29) is 130 Å². The molecule has 0 saturated carbocycles. The Bertz CT molecular complexity index is 4060. The Hall–Kier alpha value is -6.08. The van der Waals surface area contributed by atoms with Crippen molar-refractivity contribution in [1.82, 2.24) is 35.0 Å². The van der Waals surface area contributed by atoms with Gasteiger partial charge in [0.2, 0.25) is 26.5 Å². The number of hydrogen-bond acceptors (Lipinski definition) is 18. The molecule has 4 aromatic carbocycles. The molecule has 0 amide bonds. The quantitative estimate of drug-likeness (QED) is 0.0585. The smallest absolute Gasteiger partial charge is 0.294 e. The maximum absolute atomic E-state index is 13.7. The van der Waals surface area contributed by atoms with Crippen molar-refractivity contribution in [3.63, 3.8) is 0 Å². The van der Waals surface area contributed by atoms with Crippen molar-refractivity contribution in [2.24, 2.45) is 25.0 Å². The van der Waals surface area contributed by atoms with Crippen molar-refractivity contribution in [2.45, 2.75) is 25.7 Å². The molecule has 68 heavy (non-hydrogen) atoms. The van der Waals surface area contributed by atoms with Crippen molar-refractivity contribution >= 4 is 120 Å². The number of amidine groups is 3. The van der Waals surface area contributed by atoms with Gasteiger partial charge in [-0.2, -0.15) is 40.2 Å². The van der Waals surface area contributed by atoms with E-state index < -0.39 is 61.2 Å². The number of hydrogen-bond donors (Lipinski definition) is 8. The Kier molecular flexibility index (Phi) is 11.7. The fourth-order valence-corrected chi connectivity index (χ4v) is 10.4. The second-order valence-corrected chi connectivity index (χ2v) is 21.3. The van der Waals surface area contributed by atoms with Gasteiger partial charge in [0.15, 0.2) is 11.7 Å². The zero-order valence-electron chi connectivity index (χ0n) is 33.3. The van der Waals surface area contributed by atoms with Crippen LogP contribution >= 0.6 is 23.2 Å². The molecule has 3 aromatic heterocycles. The second-order valence-electron chi connectivity index (χ2n) is 14.6. The van der Waals surface area contributed by atoms with Crippen molar-refractivity contribution in [3.05, 3.63) is 117 Å². The molecular weight excluding hydrogens is 1070 g/mol. The Morgan fingerprint density at radius 3 is 1.84 bits per heavy atom. The van der Waals surface area contributed by atoms with Crippen LogP contribution < -0.4 is 26.3 Å². The molecular formula is C37H25Cl2CuN13O11S4. The third kappa shape index (κ3) is 8.78. The van der Waals surface area contributed by atoms with E-state index in [1.807, 2.05) is 0 Å².